The number of carbonyl (C=O) groups is 1. The molecule has 16 heavy (non-hydrogen) atoms. The molecule has 3 nitrogen and oxygen atoms in total. The van der Waals surface area contributed by atoms with Crippen LogP contribution in [0.3, 0.4) is 0 Å². The number of benzene rings is 1. The summed E-state index contributed by atoms with van der Waals surface area (Å²) < 4.78 is 1.03. The minimum absolute atomic E-state index is 0.466. The molecule has 0 aliphatic carbocycles. The molecule has 1 saturated heterocycles. The minimum atomic E-state index is -0.799. The van der Waals surface area contributed by atoms with Crippen molar-refractivity contribution < 1.29 is 9.90 Å². The molecule has 1 aliphatic heterocycles. The molecule has 84 valence electrons. The molecule has 1 aromatic carbocycles. The van der Waals surface area contributed by atoms with Crippen LogP contribution in [0.4, 0.5) is 0 Å². The largest absolute Gasteiger partial charge is 0.480 e. The highest BCUT2D eigenvalue weighted by molar-refractivity contribution is 9.10. The zero-order valence-corrected chi connectivity index (χ0v) is 10.7. The highest BCUT2D eigenvalue weighted by Gasteiger charge is 2.24. The van der Waals surface area contributed by atoms with Gasteiger partial charge in [-0.05, 0) is 23.8 Å². The summed E-state index contributed by atoms with van der Waals surface area (Å²) in [6.45, 7) is 0. The Balaban J connectivity index is 2.09. The van der Waals surface area contributed by atoms with Crippen LogP contribution in [0.2, 0.25) is 0 Å². The molecule has 0 saturated carbocycles. The van der Waals surface area contributed by atoms with Crippen LogP contribution in [0.5, 0.6) is 0 Å². The van der Waals surface area contributed by atoms with Crippen molar-refractivity contribution in [3.05, 3.63) is 39.3 Å². The standard InChI is InChI=1S/C11H10BrNO2S/c12-8-3-1-7(2-4-8)5-10-13-9(6-16-10)11(14)15/h1-5,9,13H,6H2,(H,14,15)/b10-5-/t9-/m0/s1. The Morgan fingerprint density at radius 3 is 2.75 bits per heavy atom. The molecule has 1 aromatic rings. The van der Waals surface area contributed by atoms with Crippen LogP contribution in [0.1, 0.15) is 5.56 Å². The summed E-state index contributed by atoms with van der Waals surface area (Å²) in [5, 5.41) is 12.7. The monoisotopic (exact) mass is 299 g/mol. The first-order valence-corrected chi connectivity index (χ1v) is 6.52. The number of hydrogen-bond acceptors (Lipinski definition) is 3. The topological polar surface area (TPSA) is 49.3 Å². The number of halogens is 1. The molecular formula is C11H10BrNO2S. The molecule has 2 rings (SSSR count). The molecule has 1 atom stereocenters. The summed E-state index contributed by atoms with van der Waals surface area (Å²) in [4.78, 5) is 10.7. The van der Waals surface area contributed by atoms with Crippen molar-refractivity contribution in [2.45, 2.75) is 6.04 Å². The normalized spacial score (nSPS) is 22.1. The van der Waals surface area contributed by atoms with Crippen molar-refractivity contribution in [3.8, 4) is 0 Å². The average molecular weight is 300 g/mol. The number of aliphatic carboxylic acids is 1. The van der Waals surface area contributed by atoms with Gasteiger partial charge in [0.05, 0.1) is 5.03 Å². The van der Waals surface area contributed by atoms with E-state index in [9.17, 15) is 4.79 Å². The summed E-state index contributed by atoms with van der Waals surface area (Å²) in [5.74, 6) is -0.218. The molecule has 0 unspecified atom stereocenters. The van der Waals surface area contributed by atoms with E-state index in [0.29, 0.717) is 5.75 Å². The summed E-state index contributed by atoms with van der Waals surface area (Å²) >= 11 is 4.90. The Bertz CT molecular complexity index is 430. The van der Waals surface area contributed by atoms with Gasteiger partial charge in [0.1, 0.15) is 6.04 Å². The fraction of sp³-hybridized carbons (Fsp3) is 0.182. The SMILES string of the molecule is O=C(O)[C@@H]1CS/C(=C\c2ccc(Br)cc2)N1. The van der Waals surface area contributed by atoms with E-state index in [0.717, 1.165) is 15.1 Å². The molecule has 0 bridgehead atoms. The predicted octanol–water partition coefficient (Wildman–Crippen LogP) is 2.54. The maximum absolute atomic E-state index is 10.7. The first kappa shape index (κ1) is 11.5. The molecular weight excluding hydrogens is 290 g/mol. The Labute approximate surface area is 106 Å². The van der Waals surface area contributed by atoms with Crippen LogP contribution in [-0.4, -0.2) is 22.9 Å². The molecule has 0 aromatic heterocycles. The number of thioether (sulfide) groups is 1. The van der Waals surface area contributed by atoms with Crippen molar-refractivity contribution in [1.82, 2.24) is 5.32 Å². The lowest BCUT2D eigenvalue weighted by atomic mass is 10.2. The van der Waals surface area contributed by atoms with Gasteiger partial charge in [0.25, 0.3) is 0 Å². The van der Waals surface area contributed by atoms with E-state index >= 15 is 0 Å². The van der Waals surface area contributed by atoms with E-state index in [-0.39, 0.29) is 0 Å². The third kappa shape index (κ3) is 2.80. The van der Waals surface area contributed by atoms with Crippen molar-refractivity contribution in [3.63, 3.8) is 0 Å². The van der Waals surface area contributed by atoms with Gasteiger partial charge in [-0.1, -0.05) is 28.1 Å². The second-order valence-electron chi connectivity index (χ2n) is 3.41. The van der Waals surface area contributed by atoms with Gasteiger partial charge in [-0.2, -0.15) is 0 Å². The Morgan fingerprint density at radius 2 is 2.19 bits per heavy atom. The number of carboxylic acids is 1. The maximum atomic E-state index is 10.7. The van der Waals surface area contributed by atoms with Gasteiger partial charge in [-0.15, -0.1) is 11.8 Å². The third-order valence-electron chi connectivity index (χ3n) is 2.19. The lowest BCUT2D eigenvalue weighted by Crippen LogP contribution is -2.31. The molecule has 2 N–H and O–H groups in total. The van der Waals surface area contributed by atoms with E-state index < -0.39 is 12.0 Å². The van der Waals surface area contributed by atoms with Gasteiger partial charge in [-0.25, -0.2) is 4.79 Å². The smallest absolute Gasteiger partial charge is 0.327 e. The van der Waals surface area contributed by atoms with E-state index in [2.05, 4.69) is 21.2 Å². The second kappa shape index (κ2) is 4.93. The Kier molecular flexibility index (Phi) is 3.56. The van der Waals surface area contributed by atoms with Crippen LogP contribution in [-0.2, 0) is 4.79 Å². The molecule has 1 aliphatic rings. The zero-order chi connectivity index (χ0) is 11.5. The minimum Gasteiger partial charge on any atom is -0.480 e. The van der Waals surface area contributed by atoms with Gasteiger partial charge >= 0.3 is 5.97 Å². The zero-order valence-electron chi connectivity index (χ0n) is 8.31. The van der Waals surface area contributed by atoms with Crippen LogP contribution in [0.15, 0.2) is 33.8 Å². The molecule has 0 amide bonds. The first-order valence-electron chi connectivity index (χ1n) is 4.74. The van der Waals surface area contributed by atoms with Gasteiger partial charge in [0, 0.05) is 10.2 Å². The lowest BCUT2D eigenvalue weighted by molar-refractivity contribution is -0.138. The molecule has 5 heteroatoms. The van der Waals surface area contributed by atoms with Crippen LogP contribution >= 0.6 is 27.7 Å². The fourth-order valence-electron chi connectivity index (χ4n) is 1.35. The lowest BCUT2D eigenvalue weighted by Gasteiger charge is -2.03. The van der Waals surface area contributed by atoms with Gasteiger partial charge in [0.2, 0.25) is 0 Å². The number of carboxylic acid groups (broad SMARTS) is 1. The Hall–Kier alpha value is -0.940. The van der Waals surface area contributed by atoms with Crippen LogP contribution in [0, 0.1) is 0 Å². The molecule has 1 fully saturated rings. The first-order chi connectivity index (χ1) is 7.65. The summed E-state index contributed by atoms with van der Waals surface area (Å²) in [5.41, 5.74) is 1.06. The third-order valence-corrected chi connectivity index (χ3v) is 3.76. The van der Waals surface area contributed by atoms with E-state index in [1.807, 2.05) is 30.3 Å². The van der Waals surface area contributed by atoms with Gasteiger partial charge < -0.3 is 10.4 Å². The number of rotatable bonds is 2. The number of hydrogen-bond donors (Lipinski definition) is 2. The van der Waals surface area contributed by atoms with E-state index in [1.54, 1.807) is 0 Å². The molecule has 1 heterocycles. The maximum Gasteiger partial charge on any atom is 0.327 e. The summed E-state index contributed by atoms with van der Waals surface area (Å²) in [7, 11) is 0. The quantitative estimate of drug-likeness (QED) is 0.881. The van der Waals surface area contributed by atoms with Crippen molar-refractivity contribution in [1.29, 1.82) is 0 Å². The van der Waals surface area contributed by atoms with Gasteiger partial charge in [-0.3, -0.25) is 0 Å². The molecule has 0 radical (unpaired) electrons. The Morgan fingerprint density at radius 1 is 1.50 bits per heavy atom. The van der Waals surface area contributed by atoms with Crippen molar-refractivity contribution >= 4 is 39.7 Å². The molecule has 0 spiro atoms. The van der Waals surface area contributed by atoms with E-state index in [4.69, 9.17) is 5.11 Å². The number of nitrogens with one attached hydrogen (secondary N) is 1. The highest BCUT2D eigenvalue weighted by atomic mass is 79.9. The average Bonchev–Trinajstić information content (AvgIpc) is 2.70. The van der Waals surface area contributed by atoms with Crippen LogP contribution < -0.4 is 5.32 Å². The fourth-order valence-corrected chi connectivity index (χ4v) is 2.64. The van der Waals surface area contributed by atoms with Crippen LogP contribution in [0.25, 0.3) is 6.08 Å². The van der Waals surface area contributed by atoms with Crippen molar-refractivity contribution in [2.75, 3.05) is 5.75 Å². The van der Waals surface area contributed by atoms with E-state index in [1.165, 1.54) is 11.8 Å². The van der Waals surface area contributed by atoms with Crippen molar-refractivity contribution in [2.24, 2.45) is 0 Å². The van der Waals surface area contributed by atoms with Gasteiger partial charge in [0.15, 0.2) is 0 Å². The second-order valence-corrected chi connectivity index (χ2v) is 5.38. The highest BCUT2D eigenvalue weighted by Crippen LogP contribution is 2.25. The predicted molar refractivity (Wildman–Crippen MR) is 69.1 cm³/mol. The summed E-state index contributed by atoms with van der Waals surface area (Å²) in [6.07, 6.45) is 1.96. The summed E-state index contributed by atoms with van der Waals surface area (Å²) in [6, 6.07) is 7.41.